The molecule has 0 N–H and O–H groups in total. The van der Waals surface area contributed by atoms with Crippen LogP contribution in [0.4, 0.5) is 0 Å². The molecule has 1 atom stereocenters. The van der Waals surface area contributed by atoms with Gasteiger partial charge in [0, 0.05) is 0 Å². The highest BCUT2D eigenvalue weighted by atomic mass is 35.5. The SMILES string of the molecule is CCCCN1C(=O)C(Cl)(Cl)C(Cl)(Cl)[S+]1[O-]. The standard InChI is InChI=1S/C7H9Cl4NO2S/c1-2-3-4-12-5(13)6(8,9)7(10,11)15(12)14/h2-4H2,1H3. The Hall–Kier alpha value is 0.940. The Balaban J connectivity index is 2.91. The monoisotopic (exact) mass is 311 g/mol. The summed E-state index contributed by atoms with van der Waals surface area (Å²) >= 11 is 20.9. The minimum absolute atomic E-state index is 0.282. The van der Waals surface area contributed by atoms with Crippen LogP contribution in [0.1, 0.15) is 19.8 Å². The van der Waals surface area contributed by atoms with E-state index >= 15 is 0 Å². The molecule has 1 saturated heterocycles. The zero-order chi connectivity index (χ0) is 11.9. The summed E-state index contributed by atoms with van der Waals surface area (Å²) in [6.07, 6.45) is 1.53. The van der Waals surface area contributed by atoms with Gasteiger partial charge in [-0.2, -0.15) is 4.31 Å². The summed E-state index contributed by atoms with van der Waals surface area (Å²) in [4.78, 5) is 11.7. The van der Waals surface area contributed by atoms with Crippen LogP contribution < -0.4 is 0 Å². The molecule has 0 aromatic rings. The van der Waals surface area contributed by atoms with Crippen LogP contribution in [-0.2, 0) is 16.2 Å². The smallest absolute Gasteiger partial charge is 0.340 e. The second-order valence-corrected chi connectivity index (χ2v) is 7.76. The van der Waals surface area contributed by atoms with Gasteiger partial charge < -0.3 is 4.55 Å². The van der Waals surface area contributed by atoms with E-state index in [0.29, 0.717) is 6.42 Å². The molecule has 1 amide bonds. The minimum atomic E-state index is -2.05. The van der Waals surface area contributed by atoms with Gasteiger partial charge in [-0.3, -0.25) is 4.79 Å². The summed E-state index contributed by atoms with van der Waals surface area (Å²) in [7, 11) is 0. The fraction of sp³-hybridized carbons (Fsp3) is 0.857. The van der Waals surface area contributed by atoms with Crippen LogP contribution in [0.25, 0.3) is 0 Å². The number of carbonyl (C=O) groups is 1. The van der Waals surface area contributed by atoms with E-state index in [0.717, 1.165) is 10.7 Å². The maximum atomic E-state index is 11.7. The summed E-state index contributed by atoms with van der Waals surface area (Å²) < 4.78 is 8.73. The number of amides is 1. The first-order valence-electron chi connectivity index (χ1n) is 4.26. The predicted molar refractivity (Wildman–Crippen MR) is 63.6 cm³/mol. The molecule has 1 aliphatic heterocycles. The maximum Gasteiger partial charge on any atom is 0.340 e. The first-order valence-corrected chi connectivity index (χ1v) is 6.88. The summed E-state index contributed by atoms with van der Waals surface area (Å²) in [5.41, 5.74) is 0. The number of hydrogen-bond acceptors (Lipinski definition) is 2. The fourth-order valence-electron chi connectivity index (χ4n) is 1.09. The molecule has 0 aromatic heterocycles. The highest BCUT2D eigenvalue weighted by Crippen LogP contribution is 2.54. The van der Waals surface area contributed by atoms with Gasteiger partial charge in [-0.1, -0.05) is 36.5 Å². The number of hydrogen-bond donors (Lipinski definition) is 0. The number of alkyl halides is 4. The van der Waals surface area contributed by atoms with Crippen molar-refractivity contribution in [2.24, 2.45) is 0 Å². The molecule has 15 heavy (non-hydrogen) atoms. The van der Waals surface area contributed by atoms with Crippen LogP contribution in [0.3, 0.4) is 0 Å². The molecule has 1 unspecified atom stereocenters. The number of unbranched alkanes of at least 4 members (excludes halogenated alkanes) is 1. The van der Waals surface area contributed by atoms with Gasteiger partial charge in [0.25, 0.3) is 4.33 Å². The van der Waals surface area contributed by atoms with Gasteiger partial charge in [0.15, 0.2) is 0 Å². The molecule has 0 aromatic carbocycles. The fourth-order valence-corrected chi connectivity index (χ4v) is 3.62. The van der Waals surface area contributed by atoms with E-state index in [1.165, 1.54) is 0 Å². The lowest BCUT2D eigenvalue weighted by atomic mass is 10.3. The van der Waals surface area contributed by atoms with Gasteiger partial charge in [-0.25, -0.2) is 0 Å². The molecule has 1 heterocycles. The van der Waals surface area contributed by atoms with Crippen molar-refractivity contribution in [1.29, 1.82) is 0 Å². The average molecular weight is 313 g/mol. The highest BCUT2D eigenvalue weighted by molar-refractivity contribution is 7.95. The number of halogens is 4. The van der Waals surface area contributed by atoms with Crippen LogP contribution >= 0.6 is 46.4 Å². The molecule has 0 saturated carbocycles. The zero-order valence-electron chi connectivity index (χ0n) is 7.81. The van der Waals surface area contributed by atoms with Crippen molar-refractivity contribution >= 4 is 63.7 Å². The first-order chi connectivity index (χ1) is 6.76. The van der Waals surface area contributed by atoms with Gasteiger partial charge in [0.2, 0.25) is 0 Å². The lowest BCUT2D eigenvalue weighted by Gasteiger charge is -2.21. The summed E-state index contributed by atoms with van der Waals surface area (Å²) in [5, 5.41) is 0. The van der Waals surface area contributed by atoms with Crippen molar-refractivity contribution in [3.63, 3.8) is 0 Å². The van der Waals surface area contributed by atoms with E-state index < -0.39 is 25.3 Å². The molecule has 3 nitrogen and oxygen atoms in total. The molecule has 0 bridgehead atoms. The molecule has 0 spiro atoms. The topological polar surface area (TPSA) is 43.4 Å². The van der Waals surface area contributed by atoms with Crippen molar-refractivity contribution in [3.05, 3.63) is 0 Å². The Labute approximate surface area is 111 Å². The molecule has 1 fully saturated rings. The largest absolute Gasteiger partial charge is 0.590 e. The molecule has 1 aliphatic rings. The van der Waals surface area contributed by atoms with E-state index in [4.69, 9.17) is 46.4 Å². The Kier molecular flexibility index (Phi) is 4.36. The third kappa shape index (κ3) is 2.17. The quantitative estimate of drug-likeness (QED) is 0.594. The molecule has 8 heteroatoms. The molecule has 88 valence electrons. The van der Waals surface area contributed by atoms with Gasteiger partial charge in [0.1, 0.15) is 11.4 Å². The van der Waals surface area contributed by atoms with Crippen molar-refractivity contribution in [2.75, 3.05) is 6.54 Å². The highest BCUT2D eigenvalue weighted by Gasteiger charge is 2.73. The van der Waals surface area contributed by atoms with Crippen LogP contribution in [0, 0.1) is 0 Å². The molecule has 1 rings (SSSR count). The third-order valence-electron chi connectivity index (χ3n) is 1.99. The number of nitrogens with zero attached hydrogens (tertiary/aromatic N) is 1. The van der Waals surface area contributed by atoms with Crippen LogP contribution in [0.15, 0.2) is 0 Å². The van der Waals surface area contributed by atoms with Crippen LogP contribution in [-0.4, -0.2) is 29.3 Å². The molecular formula is C7H9Cl4NO2S. The zero-order valence-corrected chi connectivity index (χ0v) is 11.6. The van der Waals surface area contributed by atoms with Crippen LogP contribution in [0.5, 0.6) is 0 Å². The molecule has 0 radical (unpaired) electrons. The van der Waals surface area contributed by atoms with E-state index in [-0.39, 0.29) is 6.54 Å². The second-order valence-electron chi connectivity index (χ2n) is 3.10. The number of rotatable bonds is 3. The van der Waals surface area contributed by atoms with Crippen molar-refractivity contribution in [1.82, 2.24) is 4.31 Å². The maximum absolute atomic E-state index is 11.7. The average Bonchev–Trinajstić information content (AvgIpc) is 2.26. The number of carbonyl (C=O) groups excluding carboxylic acids is 1. The lowest BCUT2D eigenvalue weighted by molar-refractivity contribution is -0.125. The normalized spacial score (nSPS) is 28.5. The van der Waals surface area contributed by atoms with Gasteiger partial charge in [0.05, 0.1) is 6.54 Å². The van der Waals surface area contributed by atoms with Crippen molar-refractivity contribution < 1.29 is 9.35 Å². The molecule has 0 aliphatic carbocycles. The van der Waals surface area contributed by atoms with Crippen molar-refractivity contribution in [3.8, 4) is 0 Å². The second kappa shape index (κ2) is 4.67. The minimum Gasteiger partial charge on any atom is -0.590 e. The van der Waals surface area contributed by atoms with Crippen LogP contribution in [0.2, 0.25) is 0 Å². The molecular weight excluding hydrogens is 304 g/mol. The Bertz CT molecular complexity index is 274. The van der Waals surface area contributed by atoms with E-state index in [1.807, 2.05) is 6.92 Å². The van der Waals surface area contributed by atoms with E-state index in [1.54, 1.807) is 0 Å². The summed E-state index contributed by atoms with van der Waals surface area (Å²) in [6, 6.07) is 0. The van der Waals surface area contributed by atoms with Crippen molar-refractivity contribution in [2.45, 2.75) is 27.8 Å². The van der Waals surface area contributed by atoms with Gasteiger partial charge >= 0.3 is 9.57 Å². The summed E-state index contributed by atoms with van der Waals surface area (Å²) in [6.45, 7) is 2.22. The summed E-state index contributed by atoms with van der Waals surface area (Å²) in [5.74, 6) is -0.706. The predicted octanol–water partition coefficient (Wildman–Crippen LogP) is 2.60. The third-order valence-corrected chi connectivity index (χ3v) is 6.35. The Morgan fingerprint density at radius 2 is 1.93 bits per heavy atom. The van der Waals surface area contributed by atoms with Gasteiger partial charge in [-0.05, 0) is 29.6 Å². The first kappa shape index (κ1) is 14.0. The van der Waals surface area contributed by atoms with E-state index in [2.05, 4.69) is 0 Å². The van der Waals surface area contributed by atoms with Gasteiger partial charge in [-0.15, -0.1) is 0 Å². The van der Waals surface area contributed by atoms with E-state index in [9.17, 15) is 9.35 Å². The Morgan fingerprint density at radius 1 is 1.40 bits per heavy atom. The Morgan fingerprint density at radius 3 is 2.27 bits per heavy atom. The lowest BCUT2D eigenvalue weighted by Crippen LogP contribution is -2.38.